The SMILES string of the molecule is FC(F)(F)c1nc(-c2cccc(N3CCCC3)c2)cs1. The molecule has 0 spiro atoms. The lowest BCUT2D eigenvalue weighted by atomic mass is 10.1. The smallest absolute Gasteiger partial charge is 0.372 e. The highest BCUT2D eigenvalue weighted by atomic mass is 32.1. The van der Waals surface area contributed by atoms with Crippen molar-refractivity contribution in [2.45, 2.75) is 19.0 Å². The van der Waals surface area contributed by atoms with Crippen LogP contribution in [0, 0.1) is 0 Å². The standard InChI is InChI=1S/C14H13F3N2S/c15-14(16,17)13-18-12(9-20-13)10-4-3-5-11(8-10)19-6-1-2-7-19/h3-5,8-9H,1-2,6-7H2. The van der Waals surface area contributed by atoms with Crippen molar-refractivity contribution in [3.05, 3.63) is 34.7 Å². The van der Waals surface area contributed by atoms with Gasteiger partial charge in [0.15, 0.2) is 5.01 Å². The molecule has 1 aliphatic rings. The van der Waals surface area contributed by atoms with E-state index in [1.54, 1.807) is 6.07 Å². The molecule has 2 aromatic rings. The lowest BCUT2D eigenvalue weighted by molar-refractivity contribution is -0.137. The molecule has 0 amide bonds. The average Bonchev–Trinajstić information content (AvgIpc) is 3.10. The summed E-state index contributed by atoms with van der Waals surface area (Å²) in [5.74, 6) is 0. The molecule has 3 rings (SSSR count). The van der Waals surface area contributed by atoms with Gasteiger partial charge in [-0.05, 0) is 25.0 Å². The van der Waals surface area contributed by atoms with Crippen molar-refractivity contribution in [2.75, 3.05) is 18.0 Å². The minimum absolute atomic E-state index is 0.392. The minimum Gasteiger partial charge on any atom is -0.372 e. The van der Waals surface area contributed by atoms with Crippen LogP contribution in [0.2, 0.25) is 0 Å². The Balaban J connectivity index is 1.90. The number of halogens is 3. The van der Waals surface area contributed by atoms with Crippen molar-refractivity contribution >= 4 is 17.0 Å². The van der Waals surface area contributed by atoms with Crippen molar-refractivity contribution in [1.29, 1.82) is 0 Å². The predicted molar refractivity (Wildman–Crippen MR) is 74.0 cm³/mol. The van der Waals surface area contributed by atoms with E-state index in [9.17, 15) is 13.2 Å². The van der Waals surface area contributed by atoms with Crippen molar-refractivity contribution in [2.24, 2.45) is 0 Å². The summed E-state index contributed by atoms with van der Waals surface area (Å²) in [6, 6.07) is 7.58. The second-order valence-corrected chi connectivity index (χ2v) is 5.64. The van der Waals surface area contributed by atoms with Crippen LogP contribution in [0.15, 0.2) is 29.6 Å². The van der Waals surface area contributed by atoms with Gasteiger partial charge < -0.3 is 4.90 Å². The van der Waals surface area contributed by atoms with Gasteiger partial charge in [0.05, 0.1) is 5.69 Å². The van der Waals surface area contributed by atoms with Crippen molar-refractivity contribution in [1.82, 2.24) is 4.98 Å². The van der Waals surface area contributed by atoms with Gasteiger partial charge in [-0.2, -0.15) is 13.2 Å². The molecule has 1 aliphatic heterocycles. The van der Waals surface area contributed by atoms with Gasteiger partial charge in [0, 0.05) is 29.7 Å². The third-order valence-electron chi connectivity index (χ3n) is 3.36. The van der Waals surface area contributed by atoms with Gasteiger partial charge in [0.1, 0.15) is 0 Å². The molecule has 0 atom stereocenters. The highest BCUT2D eigenvalue weighted by molar-refractivity contribution is 7.10. The van der Waals surface area contributed by atoms with E-state index in [0.29, 0.717) is 17.0 Å². The number of nitrogens with zero attached hydrogens (tertiary/aromatic N) is 2. The van der Waals surface area contributed by atoms with Gasteiger partial charge in [-0.3, -0.25) is 0 Å². The fourth-order valence-electron chi connectivity index (χ4n) is 2.37. The molecule has 1 aromatic carbocycles. The number of aromatic nitrogens is 1. The van der Waals surface area contributed by atoms with Gasteiger partial charge in [-0.25, -0.2) is 4.98 Å². The maximum atomic E-state index is 12.6. The van der Waals surface area contributed by atoms with Crippen LogP contribution in [0.1, 0.15) is 17.8 Å². The van der Waals surface area contributed by atoms with Crippen LogP contribution < -0.4 is 4.90 Å². The summed E-state index contributed by atoms with van der Waals surface area (Å²) in [6.45, 7) is 2.02. The number of anilines is 1. The summed E-state index contributed by atoms with van der Waals surface area (Å²) in [7, 11) is 0. The number of rotatable bonds is 2. The van der Waals surface area contributed by atoms with Gasteiger partial charge in [-0.15, -0.1) is 11.3 Å². The van der Waals surface area contributed by atoms with E-state index in [0.717, 1.165) is 24.3 Å². The summed E-state index contributed by atoms with van der Waals surface area (Å²) in [5.41, 5.74) is 2.19. The molecule has 0 radical (unpaired) electrons. The molecule has 1 aromatic heterocycles. The predicted octanol–water partition coefficient (Wildman–Crippen LogP) is 4.43. The molecule has 0 saturated carbocycles. The molecule has 6 heteroatoms. The number of hydrogen-bond donors (Lipinski definition) is 0. The normalized spacial score (nSPS) is 15.8. The second-order valence-electron chi connectivity index (χ2n) is 4.78. The lowest BCUT2D eigenvalue weighted by Crippen LogP contribution is -2.17. The van der Waals surface area contributed by atoms with Gasteiger partial charge in [0.25, 0.3) is 0 Å². The molecule has 1 saturated heterocycles. The van der Waals surface area contributed by atoms with E-state index in [1.807, 2.05) is 18.2 Å². The monoisotopic (exact) mass is 298 g/mol. The zero-order valence-electron chi connectivity index (χ0n) is 10.7. The van der Waals surface area contributed by atoms with Crippen LogP contribution in [0.3, 0.4) is 0 Å². The largest absolute Gasteiger partial charge is 0.443 e. The number of thiazole rings is 1. The third kappa shape index (κ3) is 2.65. The second kappa shape index (κ2) is 5.09. The highest BCUT2D eigenvalue weighted by Gasteiger charge is 2.34. The molecule has 2 nitrogen and oxygen atoms in total. The summed E-state index contributed by atoms with van der Waals surface area (Å²) >= 11 is 0.640. The maximum Gasteiger partial charge on any atom is 0.443 e. The number of hydrogen-bond acceptors (Lipinski definition) is 3. The summed E-state index contributed by atoms with van der Waals surface area (Å²) < 4.78 is 37.7. The van der Waals surface area contributed by atoms with E-state index in [-0.39, 0.29) is 0 Å². The molecule has 2 heterocycles. The fourth-order valence-corrected chi connectivity index (χ4v) is 3.07. The van der Waals surface area contributed by atoms with Gasteiger partial charge in [-0.1, -0.05) is 12.1 Å². The van der Waals surface area contributed by atoms with Crippen LogP contribution in [0.5, 0.6) is 0 Å². The Kier molecular flexibility index (Phi) is 3.41. The van der Waals surface area contributed by atoms with Gasteiger partial charge >= 0.3 is 6.18 Å². The Morgan fingerprint density at radius 1 is 1.15 bits per heavy atom. The number of benzene rings is 1. The topological polar surface area (TPSA) is 16.1 Å². The van der Waals surface area contributed by atoms with Crippen molar-refractivity contribution < 1.29 is 13.2 Å². The van der Waals surface area contributed by atoms with Gasteiger partial charge in [0.2, 0.25) is 0 Å². The molecule has 0 N–H and O–H groups in total. The molecular formula is C14H13F3N2S. The van der Waals surface area contributed by atoms with E-state index in [1.165, 1.54) is 18.2 Å². The summed E-state index contributed by atoms with van der Waals surface area (Å²) in [4.78, 5) is 5.95. The Morgan fingerprint density at radius 3 is 2.55 bits per heavy atom. The Labute approximate surface area is 118 Å². The quantitative estimate of drug-likeness (QED) is 0.815. The highest BCUT2D eigenvalue weighted by Crippen LogP contribution is 2.35. The van der Waals surface area contributed by atoms with E-state index >= 15 is 0 Å². The molecule has 0 unspecified atom stereocenters. The Bertz CT molecular complexity index is 600. The van der Waals surface area contributed by atoms with Crippen LogP contribution in [0.4, 0.5) is 18.9 Å². The first-order chi connectivity index (χ1) is 9.54. The zero-order chi connectivity index (χ0) is 14.2. The molecule has 20 heavy (non-hydrogen) atoms. The molecule has 106 valence electrons. The third-order valence-corrected chi connectivity index (χ3v) is 4.25. The molecular weight excluding hydrogens is 285 g/mol. The van der Waals surface area contributed by atoms with Crippen LogP contribution in [0.25, 0.3) is 11.3 Å². The van der Waals surface area contributed by atoms with E-state index in [2.05, 4.69) is 9.88 Å². The van der Waals surface area contributed by atoms with E-state index < -0.39 is 11.2 Å². The van der Waals surface area contributed by atoms with Crippen LogP contribution in [-0.2, 0) is 6.18 Å². The lowest BCUT2D eigenvalue weighted by Gasteiger charge is -2.18. The first-order valence-electron chi connectivity index (χ1n) is 6.42. The fraction of sp³-hybridized carbons (Fsp3) is 0.357. The zero-order valence-corrected chi connectivity index (χ0v) is 11.5. The number of alkyl halides is 3. The molecule has 0 aliphatic carbocycles. The average molecular weight is 298 g/mol. The van der Waals surface area contributed by atoms with Crippen molar-refractivity contribution in [3.63, 3.8) is 0 Å². The minimum atomic E-state index is -4.37. The maximum absolute atomic E-state index is 12.6. The Morgan fingerprint density at radius 2 is 1.90 bits per heavy atom. The van der Waals surface area contributed by atoms with Crippen LogP contribution in [-0.4, -0.2) is 18.1 Å². The summed E-state index contributed by atoms with van der Waals surface area (Å²) in [6.07, 6.45) is -2.03. The Hall–Kier alpha value is -1.56. The molecule has 0 bridgehead atoms. The first-order valence-corrected chi connectivity index (χ1v) is 7.30. The van der Waals surface area contributed by atoms with Crippen LogP contribution >= 0.6 is 11.3 Å². The summed E-state index contributed by atoms with van der Waals surface area (Å²) in [5, 5.41) is 0.672. The molecule has 1 fully saturated rings. The first kappa shape index (κ1) is 13.4. The van der Waals surface area contributed by atoms with E-state index in [4.69, 9.17) is 0 Å². The van der Waals surface area contributed by atoms with Crippen molar-refractivity contribution in [3.8, 4) is 11.3 Å².